The zero-order valence-electron chi connectivity index (χ0n) is 16.0. The van der Waals surface area contributed by atoms with Crippen LogP contribution in [0.4, 0.5) is 0 Å². The molecule has 26 heavy (non-hydrogen) atoms. The Morgan fingerprint density at radius 3 is 2.31 bits per heavy atom. The molecule has 0 aromatic carbocycles. The number of hydrogen-bond acceptors (Lipinski definition) is 6. The van der Waals surface area contributed by atoms with Gasteiger partial charge in [0.05, 0.1) is 26.4 Å². The fourth-order valence-corrected chi connectivity index (χ4v) is 2.01. The smallest absolute Gasteiger partial charge is 0.246 e. The largest absolute Gasteiger partial charge is 0.382 e. The monoisotopic (exact) mass is 375 g/mol. The molecule has 1 unspecified atom stereocenters. The summed E-state index contributed by atoms with van der Waals surface area (Å²) in [4.78, 5) is 34.3. The van der Waals surface area contributed by atoms with Gasteiger partial charge in [0, 0.05) is 20.2 Å². The Bertz CT molecular complexity index is 393. The predicted octanol–water partition coefficient (Wildman–Crippen LogP) is -0.551. The number of ether oxygens (including phenoxy) is 3. The van der Waals surface area contributed by atoms with Crippen molar-refractivity contribution >= 4 is 18.2 Å². The molecule has 0 radical (unpaired) electrons. The first-order chi connectivity index (χ1) is 12.5. The number of methoxy groups -OCH3 is 1. The maximum absolute atomic E-state index is 12.2. The highest BCUT2D eigenvalue weighted by molar-refractivity contribution is 5.88. The van der Waals surface area contributed by atoms with Crippen LogP contribution in [0.2, 0.25) is 0 Å². The van der Waals surface area contributed by atoms with Crippen LogP contribution >= 0.6 is 0 Å². The van der Waals surface area contributed by atoms with Gasteiger partial charge in [0.1, 0.15) is 12.6 Å². The molecule has 0 aromatic rings. The fraction of sp³-hybridized carbons (Fsp3) is 0.824. The van der Waals surface area contributed by atoms with Crippen LogP contribution in [0.5, 0.6) is 0 Å². The molecule has 0 aliphatic rings. The van der Waals surface area contributed by atoms with Crippen molar-refractivity contribution in [1.29, 1.82) is 0 Å². The topological polar surface area (TPSA) is 115 Å². The number of amides is 3. The molecular formula is C17H33N3O6. The molecule has 0 saturated carbocycles. The summed E-state index contributed by atoms with van der Waals surface area (Å²) in [5.74, 6) is -0.612. The first-order valence-electron chi connectivity index (χ1n) is 8.91. The Balaban J connectivity index is 3.95. The number of unbranched alkanes of at least 4 members (excludes halogenated alkanes) is 1. The Hall–Kier alpha value is -1.71. The van der Waals surface area contributed by atoms with E-state index in [0.29, 0.717) is 45.9 Å². The van der Waals surface area contributed by atoms with Crippen molar-refractivity contribution in [3.8, 4) is 0 Å². The van der Waals surface area contributed by atoms with Gasteiger partial charge in [0.15, 0.2) is 0 Å². The summed E-state index contributed by atoms with van der Waals surface area (Å²) in [6.45, 7) is 6.35. The van der Waals surface area contributed by atoms with Crippen molar-refractivity contribution in [3.63, 3.8) is 0 Å². The van der Waals surface area contributed by atoms with E-state index in [1.807, 2.05) is 13.8 Å². The molecule has 0 heterocycles. The third-order valence-corrected chi connectivity index (χ3v) is 3.43. The second-order valence-corrected chi connectivity index (χ2v) is 6.02. The molecule has 0 rings (SSSR count). The quantitative estimate of drug-likeness (QED) is 0.232. The fourth-order valence-electron chi connectivity index (χ4n) is 2.01. The minimum absolute atomic E-state index is 0.0481. The van der Waals surface area contributed by atoms with E-state index in [9.17, 15) is 14.4 Å². The van der Waals surface area contributed by atoms with E-state index in [2.05, 4.69) is 16.0 Å². The molecule has 9 heteroatoms. The molecule has 0 aliphatic carbocycles. The third kappa shape index (κ3) is 13.6. The van der Waals surface area contributed by atoms with Crippen LogP contribution in [0.15, 0.2) is 0 Å². The minimum Gasteiger partial charge on any atom is -0.382 e. The zero-order valence-corrected chi connectivity index (χ0v) is 16.0. The number of rotatable bonds is 17. The van der Waals surface area contributed by atoms with E-state index >= 15 is 0 Å². The van der Waals surface area contributed by atoms with Crippen molar-refractivity contribution in [2.75, 3.05) is 53.2 Å². The highest BCUT2D eigenvalue weighted by Crippen LogP contribution is 2.02. The van der Waals surface area contributed by atoms with Crippen LogP contribution in [-0.4, -0.2) is 77.5 Å². The molecule has 0 aromatic heterocycles. The Kier molecular flexibility index (Phi) is 15.6. The number of nitrogens with one attached hydrogen (secondary N) is 3. The minimum atomic E-state index is -0.614. The van der Waals surface area contributed by atoms with E-state index in [4.69, 9.17) is 14.2 Å². The molecule has 9 nitrogen and oxygen atoms in total. The Morgan fingerprint density at radius 1 is 1.00 bits per heavy atom. The van der Waals surface area contributed by atoms with E-state index in [0.717, 1.165) is 12.8 Å². The lowest BCUT2D eigenvalue weighted by Crippen LogP contribution is -2.50. The molecule has 1 atom stereocenters. The summed E-state index contributed by atoms with van der Waals surface area (Å²) < 4.78 is 15.3. The molecule has 3 amide bonds. The average Bonchev–Trinajstić information content (AvgIpc) is 2.61. The predicted molar refractivity (Wildman–Crippen MR) is 96.6 cm³/mol. The summed E-state index contributed by atoms with van der Waals surface area (Å²) >= 11 is 0. The van der Waals surface area contributed by atoms with Gasteiger partial charge in [-0.25, -0.2) is 0 Å². The molecule has 0 spiro atoms. The van der Waals surface area contributed by atoms with Crippen LogP contribution < -0.4 is 16.0 Å². The standard InChI is InChI=1S/C17H33N3O6/c1-14(2)16(17(23)19-7-5-4-6-18-13-21)20-15(22)12-26-11-10-25-9-8-24-3/h13-14,16H,4-12H2,1-3H3,(H,18,21)(H,19,23)(H,20,22). The lowest BCUT2D eigenvalue weighted by molar-refractivity contribution is -0.132. The van der Waals surface area contributed by atoms with Gasteiger partial charge in [-0.15, -0.1) is 0 Å². The Labute approximate surface area is 155 Å². The van der Waals surface area contributed by atoms with Gasteiger partial charge in [-0.3, -0.25) is 14.4 Å². The van der Waals surface area contributed by atoms with E-state index < -0.39 is 6.04 Å². The first-order valence-corrected chi connectivity index (χ1v) is 8.91. The highest BCUT2D eigenvalue weighted by Gasteiger charge is 2.23. The van der Waals surface area contributed by atoms with Crippen LogP contribution in [0.3, 0.4) is 0 Å². The lowest BCUT2D eigenvalue weighted by Gasteiger charge is -2.21. The van der Waals surface area contributed by atoms with Gasteiger partial charge in [-0.1, -0.05) is 13.8 Å². The lowest BCUT2D eigenvalue weighted by atomic mass is 10.0. The normalized spacial score (nSPS) is 11.8. The number of carbonyl (C=O) groups excluding carboxylic acids is 3. The van der Waals surface area contributed by atoms with Crippen LogP contribution in [0.1, 0.15) is 26.7 Å². The molecule has 0 saturated heterocycles. The van der Waals surface area contributed by atoms with Crippen LogP contribution in [0.25, 0.3) is 0 Å². The number of hydrogen-bond donors (Lipinski definition) is 3. The van der Waals surface area contributed by atoms with Gasteiger partial charge in [-0.2, -0.15) is 0 Å². The van der Waals surface area contributed by atoms with Crippen molar-refractivity contribution in [3.05, 3.63) is 0 Å². The van der Waals surface area contributed by atoms with Crippen molar-refractivity contribution < 1.29 is 28.6 Å². The van der Waals surface area contributed by atoms with Crippen LogP contribution in [0, 0.1) is 5.92 Å². The third-order valence-electron chi connectivity index (χ3n) is 3.43. The van der Waals surface area contributed by atoms with Gasteiger partial charge >= 0.3 is 0 Å². The van der Waals surface area contributed by atoms with Crippen molar-refractivity contribution in [1.82, 2.24) is 16.0 Å². The Morgan fingerprint density at radius 2 is 1.65 bits per heavy atom. The SMILES string of the molecule is COCCOCCOCC(=O)NC(C(=O)NCCCCNC=O)C(C)C. The van der Waals surface area contributed by atoms with Crippen LogP contribution in [-0.2, 0) is 28.6 Å². The highest BCUT2D eigenvalue weighted by atomic mass is 16.5. The first kappa shape index (κ1) is 24.3. The molecule has 3 N–H and O–H groups in total. The van der Waals surface area contributed by atoms with Gasteiger partial charge in [0.2, 0.25) is 18.2 Å². The second-order valence-electron chi connectivity index (χ2n) is 6.02. The number of carbonyl (C=O) groups is 3. The average molecular weight is 375 g/mol. The van der Waals surface area contributed by atoms with Gasteiger partial charge < -0.3 is 30.2 Å². The summed E-state index contributed by atoms with van der Waals surface area (Å²) in [6, 6.07) is -0.614. The summed E-state index contributed by atoms with van der Waals surface area (Å²) in [6.07, 6.45) is 2.17. The molecule has 0 fully saturated rings. The van der Waals surface area contributed by atoms with E-state index in [1.54, 1.807) is 7.11 Å². The maximum atomic E-state index is 12.2. The molecule has 152 valence electrons. The second kappa shape index (κ2) is 16.7. The van der Waals surface area contributed by atoms with Gasteiger partial charge in [0.25, 0.3) is 0 Å². The maximum Gasteiger partial charge on any atom is 0.246 e. The molecular weight excluding hydrogens is 342 g/mol. The molecule has 0 aliphatic heterocycles. The van der Waals surface area contributed by atoms with Gasteiger partial charge in [-0.05, 0) is 18.8 Å². The van der Waals surface area contributed by atoms with E-state index in [-0.39, 0.29) is 24.3 Å². The van der Waals surface area contributed by atoms with Crippen molar-refractivity contribution in [2.45, 2.75) is 32.7 Å². The molecule has 0 bridgehead atoms. The van der Waals surface area contributed by atoms with Crippen molar-refractivity contribution in [2.24, 2.45) is 5.92 Å². The summed E-state index contributed by atoms with van der Waals surface area (Å²) in [7, 11) is 1.59. The zero-order chi connectivity index (χ0) is 19.6. The summed E-state index contributed by atoms with van der Waals surface area (Å²) in [5, 5.41) is 8.06. The summed E-state index contributed by atoms with van der Waals surface area (Å²) in [5.41, 5.74) is 0. The van der Waals surface area contributed by atoms with E-state index in [1.165, 1.54) is 0 Å².